The summed E-state index contributed by atoms with van der Waals surface area (Å²) in [5.41, 5.74) is 0.826. The number of rotatable bonds is 2. The Labute approximate surface area is 118 Å². The number of piperidine rings is 3. The van der Waals surface area contributed by atoms with Gasteiger partial charge in [0.25, 0.3) is 0 Å². The fourth-order valence-corrected chi connectivity index (χ4v) is 3.44. The van der Waals surface area contributed by atoms with E-state index in [1.807, 2.05) is 0 Å². The molecular formula is C14H19FN3S+. The Bertz CT molecular complexity index is 454. The molecule has 3 aliphatic rings. The molecule has 0 aliphatic carbocycles. The summed E-state index contributed by atoms with van der Waals surface area (Å²) in [4.78, 5) is 1.68. The van der Waals surface area contributed by atoms with Crippen LogP contribution in [0.25, 0.3) is 0 Å². The molecule has 4 rings (SSSR count). The van der Waals surface area contributed by atoms with Gasteiger partial charge in [0, 0.05) is 18.5 Å². The summed E-state index contributed by atoms with van der Waals surface area (Å²) >= 11 is 5.34. The fraction of sp³-hybridized carbons (Fsp3) is 0.500. The molecule has 0 radical (unpaired) electrons. The first-order valence-corrected chi connectivity index (χ1v) is 7.28. The van der Waals surface area contributed by atoms with Crippen LogP contribution < -0.4 is 15.5 Å². The lowest BCUT2D eigenvalue weighted by Crippen LogP contribution is -3.17. The van der Waals surface area contributed by atoms with Crippen molar-refractivity contribution in [3.8, 4) is 0 Å². The summed E-state index contributed by atoms with van der Waals surface area (Å²) in [7, 11) is 0. The van der Waals surface area contributed by atoms with Gasteiger partial charge in [-0.1, -0.05) is 0 Å². The molecular weight excluding hydrogens is 261 g/mol. The van der Waals surface area contributed by atoms with Crippen LogP contribution in [0, 0.1) is 11.7 Å². The Balaban J connectivity index is 1.55. The highest BCUT2D eigenvalue weighted by Crippen LogP contribution is 2.18. The Morgan fingerprint density at radius 2 is 1.89 bits per heavy atom. The van der Waals surface area contributed by atoms with Gasteiger partial charge in [0.05, 0.1) is 25.7 Å². The highest BCUT2D eigenvalue weighted by Gasteiger charge is 2.37. The van der Waals surface area contributed by atoms with Crippen molar-refractivity contribution in [3.63, 3.8) is 0 Å². The third-order valence-corrected chi connectivity index (χ3v) is 4.45. The predicted molar refractivity (Wildman–Crippen MR) is 77.8 cm³/mol. The normalized spacial score (nSPS) is 29.0. The van der Waals surface area contributed by atoms with Gasteiger partial charge in [-0.3, -0.25) is 0 Å². The number of halogens is 1. The molecule has 1 aromatic rings. The van der Waals surface area contributed by atoms with E-state index in [1.165, 1.54) is 38.1 Å². The quantitative estimate of drug-likeness (QED) is 0.700. The first-order valence-electron chi connectivity index (χ1n) is 6.87. The molecule has 5 heteroatoms. The lowest BCUT2D eigenvalue weighted by molar-refractivity contribution is -0.917. The first kappa shape index (κ1) is 12.8. The lowest BCUT2D eigenvalue weighted by Gasteiger charge is -2.42. The van der Waals surface area contributed by atoms with Gasteiger partial charge in [0.2, 0.25) is 0 Å². The van der Waals surface area contributed by atoms with Gasteiger partial charge in [0.15, 0.2) is 5.11 Å². The molecule has 1 atom stereocenters. The van der Waals surface area contributed by atoms with Crippen LogP contribution in [0.15, 0.2) is 24.3 Å². The second-order valence-corrected chi connectivity index (χ2v) is 5.91. The molecule has 3 N–H and O–H groups in total. The van der Waals surface area contributed by atoms with Gasteiger partial charge < -0.3 is 15.5 Å². The summed E-state index contributed by atoms with van der Waals surface area (Å²) in [6.45, 7) is 3.78. The third-order valence-electron chi connectivity index (χ3n) is 4.23. The molecule has 0 saturated carbocycles. The van der Waals surface area contributed by atoms with Crippen LogP contribution in [0.4, 0.5) is 10.1 Å². The van der Waals surface area contributed by atoms with Gasteiger partial charge in [-0.25, -0.2) is 4.39 Å². The number of anilines is 1. The van der Waals surface area contributed by atoms with Crippen molar-refractivity contribution in [3.05, 3.63) is 30.1 Å². The SMILES string of the molecule is Fc1ccc(NC(=S)N[C@@H]2C[NH+]3CCC2CC3)cc1. The highest BCUT2D eigenvalue weighted by atomic mass is 32.1. The van der Waals surface area contributed by atoms with E-state index in [-0.39, 0.29) is 5.82 Å². The number of hydrogen-bond donors (Lipinski definition) is 3. The molecule has 0 unspecified atom stereocenters. The van der Waals surface area contributed by atoms with E-state index in [1.54, 1.807) is 17.0 Å². The molecule has 0 aromatic heterocycles. The predicted octanol–water partition coefficient (Wildman–Crippen LogP) is 0.789. The molecule has 1 aromatic carbocycles. The van der Waals surface area contributed by atoms with E-state index in [0.29, 0.717) is 11.2 Å². The van der Waals surface area contributed by atoms with Crippen LogP contribution in [0.3, 0.4) is 0 Å². The van der Waals surface area contributed by atoms with E-state index in [4.69, 9.17) is 12.2 Å². The number of fused-ring (bicyclic) bond motifs is 3. The van der Waals surface area contributed by atoms with Crippen molar-refractivity contribution < 1.29 is 9.29 Å². The monoisotopic (exact) mass is 280 g/mol. The van der Waals surface area contributed by atoms with E-state index < -0.39 is 0 Å². The van der Waals surface area contributed by atoms with Crippen LogP contribution in [0.5, 0.6) is 0 Å². The minimum atomic E-state index is -0.231. The number of nitrogens with one attached hydrogen (secondary N) is 3. The zero-order chi connectivity index (χ0) is 13.2. The highest BCUT2D eigenvalue weighted by molar-refractivity contribution is 7.80. The zero-order valence-electron chi connectivity index (χ0n) is 10.8. The molecule has 0 spiro atoms. The summed E-state index contributed by atoms with van der Waals surface area (Å²) in [5.74, 6) is 0.524. The van der Waals surface area contributed by atoms with Gasteiger partial charge in [-0.15, -0.1) is 0 Å². The molecule has 19 heavy (non-hydrogen) atoms. The number of thiocarbonyl (C=S) groups is 1. The van der Waals surface area contributed by atoms with E-state index >= 15 is 0 Å². The summed E-state index contributed by atoms with van der Waals surface area (Å²) in [6, 6.07) is 6.75. The standard InChI is InChI=1S/C14H18FN3S/c15-11-1-3-12(4-2-11)16-14(19)17-13-9-18-7-5-10(13)6-8-18/h1-4,10,13H,5-9H2,(H2,16,17,19)/p+1/t13-/m1/s1. The lowest BCUT2D eigenvalue weighted by atomic mass is 9.84. The van der Waals surface area contributed by atoms with Gasteiger partial charge in [-0.2, -0.15) is 0 Å². The average molecular weight is 280 g/mol. The number of hydrogen-bond acceptors (Lipinski definition) is 1. The largest absolute Gasteiger partial charge is 0.354 e. The van der Waals surface area contributed by atoms with Crippen molar-refractivity contribution in [2.45, 2.75) is 18.9 Å². The first-order chi connectivity index (χ1) is 9.20. The van der Waals surface area contributed by atoms with Crippen LogP contribution in [0.2, 0.25) is 0 Å². The summed E-state index contributed by atoms with van der Waals surface area (Å²) < 4.78 is 12.8. The van der Waals surface area contributed by atoms with Crippen LogP contribution in [-0.2, 0) is 0 Å². The Hall–Kier alpha value is -1.20. The Morgan fingerprint density at radius 3 is 2.47 bits per heavy atom. The van der Waals surface area contributed by atoms with Gasteiger partial charge in [-0.05, 0) is 42.4 Å². The second-order valence-electron chi connectivity index (χ2n) is 5.50. The van der Waals surface area contributed by atoms with Crippen LogP contribution in [0.1, 0.15) is 12.8 Å². The minimum absolute atomic E-state index is 0.231. The molecule has 3 saturated heterocycles. The van der Waals surface area contributed by atoms with Crippen LogP contribution >= 0.6 is 12.2 Å². The maximum Gasteiger partial charge on any atom is 0.171 e. The molecule has 102 valence electrons. The van der Waals surface area contributed by atoms with E-state index in [2.05, 4.69) is 10.6 Å². The Kier molecular flexibility index (Phi) is 3.66. The van der Waals surface area contributed by atoms with Crippen molar-refractivity contribution in [2.75, 3.05) is 25.0 Å². The van der Waals surface area contributed by atoms with Crippen molar-refractivity contribution in [2.24, 2.45) is 5.92 Å². The van der Waals surface area contributed by atoms with Crippen molar-refractivity contribution in [1.82, 2.24) is 5.32 Å². The molecule has 3 aliphatic heterocycles. The molecule has 3 fully saturated rings. The third kappa shape index (κ3) is 3.04. The number of benzene rings is 1. The zero-order valence-corrected chi connectivity index (χ0v) is 11.6. The summed E-state index contributed by atoms with van der Waals surface area (Å²) in [6.07, 6.45) is 2.60. The van der Waals surface area contributed by atoms with Gasteiger partial charge in [0.1, 0.15) is 5.82 Å². The average Bonchev–Trinajstić information content (AvgIpc) is 2.43. The molecule has 3 nitrogen and oxygen atoms in total. The van der Waals surface area contributed by atoms with E-state index in [0.717, 1.165) is 18.2 Å². The Morgan fingerprint density at radius 1 is 1.21 bits per heavy atom. The maximum atomic E-state index is 12.8. The fourth-order valence-electron chi connectivity index (χ4n) is 3.17. The maximum absolute atomic E-state index is 12.8. The topological polar surface area (TPSA) is 28.5 Å². The van der Waals surface area contributed by atoms with Gasteiger partial charge >= 0.3 is 0 Å². The smallest absolute Gasteiger partial charge is 0.171 e. The van der Waals surface area contributed by atoms with Crippen molar-refractivity contribution in [1.29, 1.82) is 0 Å². The van der Waals surface area contributed by atoms with E-state index in [9.17, 15) is 4.39 Å². The van der Waals surface area contributed by atoms with Crippen LogP contribution in [-0.4, -0.2) is 30.8 Å². The molecule has 3 heterocycles. The molecule has 2 bridgehead atoms. The summed E-state index contributed by atoms with van der Waals surface area (Å²) in [5, 5.41) is 7.18. The van der Waals surface area contributed by atoms with Crippen molar-refractivity contribution >= 4 is 23.0 Å². The second kappa shape index (κ2) is 5.43. The minimum Gasteiger partial charge on any atom is -0.354 e. The number of quaternary nitrogens is 1. The molecule has 0 amide bonds.